The van der Waals surface area contributed by atoms with E-state index in [0.717, 1.165) is 0 Å². The van der Waals surface area contributed by atoms with Crippen molar-refractivity contribution in [1.82, 2.24) is 19.9 Å². The minimum absolute atomic E-state index is 0.654. The Kier molecular flexibility index (Phi) is 5.40. The minimum atomic E-state index is -2.17. The van der Waals surface area contributed by atoms with Gasteiger partial charge in [-0.1, -0.05) is 11.1 Å². The molecule has 0 fully saturated rings. The van der Waals surface area contributed by atoms with Gasteiger partial charge in [-0.3, -0.25) is 9.97 Å². The second kappa shape index (κ2) is 7.29. The zero-order valence-corrected chi connectivity index (χ0v) is 15.7. The van der Waals surface area contributed by atoms with E-state index >= 15 is 0 Å². The van der Waals surface area contributed by atoms with Crippen LogP contribution in [0.3, 0.4) is 0 Å². The van der Waals surface area contributed by atoms with Crippen molar-refractivity contribution in [1.29, 1.82) is 0 Å². The molecule has 0 atom stereocenters. The van der Waals surface area contributed by atoms with Crippen LogP contribution < -0.4 is 0 Å². The van der Waals surface area contributed by atoms with Crippen molar-refractivity contribution in [3.63, 3.8) is 0 Å². The summed E-state index contributed by atoms with van der Waals surface area (Å²) in [4.78, 5) is 16.3. The molecule has 116 valence electrons. The predicted molar refractivity (Wildman–Crippen MR) is 93.9 cm³/mol. The third-order valence-electron chi connectivity index (χ3n) is 2.62. The SMILES string of the molecule is C[Si](C)(C#Cc1cnccn1)O[Si](C)(C)C#Cc1cnccn1. The third kappa shape index (κ3) is 6.13. The highest BCUT2D eigenvalue weighted by molar-refractivity contribution is 6.92. The molecule has 0 saturated carbocycles. The van der Waals surface area contributed by atoms with E-state index in [4.69, 9.17) is 4.12 Å². The first-order valence-corrected chi connectivity index (χ1v) is 13.0. The molecule has 0 aliphatic rings. The maximum atomic E-state index is 6.30. The molecule has 5 nitrogen and oxygen atoms in total. The van der Waals surface area contributed by atoms with Crippen LogP contribution >= 0.6 is 0 Å². The fourth-order valence-corrected chi connectivity index (χ4v) is 8.21. The molecule has 0 saturated heterocycles. The molecule has 0 radical (unpaired) electrons. The summed E-state index contributed by atoms with van der Waals surface area (Å²) >= 11 is 0. The Morgan fingerprint density at radius 2 is 1.17 bits per heavy atom. The van der Waals surface area contributed by atoms with Gasteiger partial charge in [0.05, 0.1) is 12.4 Å². The topological polar surface area (TPSA) is 60.8 Å². The number of hydrogen-bond acceptors (Lipinski definition) is 5. The predicted octanol–water partition coefficient (Wildman–Crippen LogP) is 2.17. The Labute approximate surface area is 138 Å². The fraction of sp³-hybridized carbons (Fsp3) is 0.250. The van der Waals surface area contributed by atoms with Crippen LogP contribution in [0.5, 0.6) is 0 Å². The lowest BCUT2D eigenvalue weighted by Gasteiger charge is -2.25. The Morgan fingerprint density at radius 1 is 0.739 bits per heavy atom. The van der Waals surface area contributed by atoms with Gasteiger partial charge in [0.25, 0.3) is 16.6 Å². The van der Waals surface area contributed by atoms with E-state index < -0.39 is 16.6 Å². The third-order valence-corrected chi connectivity index (χ3v) is 8.16. The van der Waals surface area contributed by atoms with E-state index in [1.807, 2.05) is 0 Å². The van der Waals surface area contributed by atoms with Crippen molar-refractivity contribution in [3.05, 3.63) is 48.6 Å². The monoisotopic (exact) mass is 338 g/mol. The maximum Gasteiger partial charge on any atom is 0.256 e. The summed E-state index contributed by atoms with van der Waals surface area (Å²) < 4.78 is 6.30. The van der Waals surface area contributed by atoms with Gasteiger partial charge in [-0.15, -0.1) is 0 Å². The number of rotatable bonds is 2. The molecule has 0 unspecified atom stereocenters. The minimum Gasteiger partial charge on any atom is -0.438 e. The van der Waals surface area contributed by atoms with E-state index in [2.05, 4.69) is 69.1 Å². The summed E-state index contributed by atoms with van der Waals surface area (Å²) in [5.74, 6) is 6.09. The van der Waals surface area contributed by atoms with Gasteiger partial charge in [-0.25, -0.2) is 9.97 Å². The smallest absolute Gasteiger partial charge is 0.256 e. The molecule has 2 heterocycles. The van der Waals surface area contributed by atoms with Crippen LogP contribution in [-0.2, 0) is 4.12 Å². The van der Waals surface area contributed by atoms with Crippen LogP contribution in [-0.4, -0.2) is 36.6 Å². The standard InChI is InChI=1S/C16H18N4OSi2/c1-22(2,11-5-15-13-17-7-9-19-15)21-23(3,4)12-6-16-14-18-8-10-20-16/h7-10,13-14H,1-4H3. The molecule has 0 bridgehead atoms. The Balaban J connectivity index is 2.10. The molecular formula is C16H18N4OSi2. The molecule has 0 aliphatic heterocycles. The second-order valence-corrected chi connectivity index (χ2v) is 13.2. The molecule has 0 amide bonds. The molecule has 2 aromatic heterocycles. The largest absolute Gasteiger partial charge is 0.438 e. The maximum absolute atomic E-state index is 6.30. The van der Waals surface area contributed by atoms with Gasteiger partial charge >= 0.3 is 0 Å². The normalized spacial score (nSPS) is 11.0. The van der Waals surface area contributed by atoms with Crippen molar-refractivity contribution < 1.29 is 4.12 Å². The zero-order chi connectivity index (χ0) is 16.8. The quantitative estimate of drug-likeness (QED) is 0.620. The Bertz CT molecular complexity index is 704. The lowest BCUT2D eigenvalue weighted by molar-refractivity contribution is 0.576. The second-order valence-electron chi connectivity index (χ2n) is 5.80. The van der Waals surface area contributed by atoms with E-state index in [0.29, 0.717) is 11.4 Å². The molecular weight excluding hydrogens is 320 g/mol. The molecule has 7 heteroatoms. The number of hydrogen-bond donors (Lipinski definition) is 0. The molecule has 2 aromatic rings. The van der Waals surface area contributed by atoms with Crippen molar-refractivity contribution in [2.75, 3.05) is 0 Å². The van der Waals surface area contributed by atoms with Gasteiger partial charge in [0.1, 0.15) is 11.4 Å². The molecule has 0 spiro atoms. The van der Waals surface area contributed by atoms with Crippen molar-refractivity contribution in [2.45, 2.75) is 26.2 Å². The first-order valence-electron chi connectivity index (χ1n) is 7.15. The van der Waals surface area contributed by atoms with Gasteiger partial charge in [-0.05, 0) is 38.0 Å². The van der Waals surface area contributed by atoms with Gasteiger partial charge in [0, 0.05) is 24.8 Å². The number of nitrogens with zero attached hydrogens (tertiary/aromatic N) is 4. The summed E-state index contributed by atoms with van der Waals surface area (Å²) in [6, 6.07) is 0. The van der Waals surface area contributed by atoms with Crippen LogP contribution in [0.2, 0.25) is 26.2 Å². The molecule has 0 aromatic carbocycles. The molecule has 0 aliphatic carbocycles. The van der Waals surface area contributed by atoms with Crippen molar-refractivity contribution in [3.8, 4) is 22.9 Å². The Morgan fingerprint density at radius 3 is 1.52 bits per heavy atom. The highest BCUT2D eigenvalue weighted by Crippen LogP contribution is 2.13. The van der Waals surface area contributed by atoms with Crippen molar-refractivity contribution >= 4 is 16.6 Å². The van der Waals surface area contributed by atoms with Crippen LogP contribution in [0.15, 0.2) is 37.2 Å². The summed E-state index contributed by atoms with van der Waals surface area (Å²) in [5, 5.41) is 0. The van der Waals surface area contributed by atoms with Gasteiger partial charge in [0.15, 0.2) is 0 Å². The highest BCUT2D eigenvalue weighted by Gasteiger charge is 2.31. The van der Waals surface area contributed by atoms with E-state index in [1.54, 1.807) is 37.2 Å². The molecule has 2 rings (SSSR count). The van der Waals surface area contributed by atoms with E-state index in [1.165, 1.54) is 0 Å². The number of aromatic nitrogens is 4. The fourth-order valence-electron chi connectivity index (χ4n) is 1.85. The van der Waals surface area contributed by atoms with E-state index in [9.17, 15) is 0 Å². The average molecular weight is 339 g/mol. The zero-order valence-electron chi connectivity index (χ0n) is 13.7. The lowest BCUT2D eigenvalue weighted by Crippen LogP contribution is -2.43. The highest BCUT2D eigenvalue weighted by atomic mass is 28.4. The molecule has 23 heavy (non-hydrogen) atoms. The summed E-state index contributed by atoms with van der Waals surface area (Å²) in [5.41, 5.74) is 7.77. The van der Waals surface area contributed by atoms with Gasteiger partial charge in [0.2, 0.25) is 0 Å². The summed E-state index contributed by atoms with van der Waals surface area (Å²) in [6.07, 6.45) is 9.81. The Hall–Kier alpha value is -2.33. The van der Waals surface area contributed by atoms with Crippen molar-refractivity contribution in [2.24, 2.45) is 0 Å². The first kappa shape index (κ1) is 17.0. The summed E-state index contributed by atoms with van der Waals surface area (Å²) in [7, 11) is -4.33. The van der Waals surface area contributed by atoms with E-state index in [-0.39, 0.29) is 0 Å². The molecule has 0 N–H and O–H groups in total. The van der Waals surface area contributed by atoms with Crippen LogP contribution in [0.4, 0.5) is 0 Å². The average Bonchev–Trinajstić information content (AvgIpc) is 2.52. The van der Waals surface area contributed by atoms with Crippen LogP contribution in [0.1, 0.15) is 11.4 Å². The van der Waals surface area contributed by atoms with Crippen LogP contribution in [0.25, 0.3) is 0 Å². The van der Waals surface area contributed by atoms with Gasteiger partial charge < -0.3 is 4.12 Å². The van der Waals surface area contributed by atoms with Gasteiger partial charge in [-0.2, -0.15) is 0 Å². The summed E-state index contributed by atoms with van der Waals surface area (Å²) in [6.45, 7) is 8.26. The lowest BCUT2D eigenvalue weighted by atomic mass is 10.5. The first-order chi connectivity index (χ1) is 10.9. The van der Waals surface area contributed by atoms with Crippen LogP contribution in [0, 0.1) is 22.9 Å².